The van der Waals surface area contributed by atoms with Crippen molar-refractivity contribution in [3.8, 4) is 0 Å². The highest BCUT2D eigenvalue weighted by molar-refractivity contribution is 7.17. The van der Waals surface area contributed by atoms with E-state index in [1.807, 2.05) is 6.07 Å². The third-order valence-corrected chi connectivity index (χ3v) is 7.27. The van der Waals surface area contributed by atoms with Crippen molar-refractivity contribution >= 4 is 27.2 Å². The van der Waals surface area contributed by atoms with Crippen LogP contribution in [0.4, 0.5) is 0 Å². The van der Waals surface area contributed by atoms with Crippen LogP contribution >= 0.6 is 11.3 Å². The Labute approximate surface area is 135 Å². The number of nitrogens with zero attached hydrogens (tertiary/aromatic N) is 1. The van der Waals surface area contributed by atoms with Crippen LogP contribution in [0.5, 0.6) is 0 Å². The van der Waals surface area contributed by atoms with Crippen LogP contribution < -0.4 is 0 Å². The van der Waals surface area contributed by atoms with Gasteiger partial charge in [-0.1, -0.05) is 0 Å². The average molecular weight is 311 g/mol. The minimum Gasteiger partial charge on any atom is -0.297 e. The Kier molecular flexibility index (Phi) is 2.81. The van der Waals surface area contributed by atoms with E-state index in [1.54, 1.807) is 11.3 Å². The van der Waals surface area contributed by atoms with E-state index in [0.29, 0.717) is 17.2 Å². The first-order valence-corrected chi connectivity index (χ1v) is 9.40. The fourth-order valence-corrected chi connectivity index (χ4v) is 5.82. The summed E-state index contributed by atoms with van der Waals surface area (Å²) < 4.78 is 1.28. The summed E-state index contributed by atoms with van der Waals surface area (Å²) in [7, 11) is 0. The van der Waals surface area contributed by atoms with Gasteiger partial charge in [0.25, 0.3) is 0 Å². The highest BCUT2D eigenvalue weighted by Crippen LogP contribution is 2.58. The standard InChI is InChI=1S/C19H21NOS/c21-17(14-1-2-18-15(11-14)5-10-22-18)12-16-13-3-8-20(9-4-13)19(16)6-7-19/h1-2,5,10-11,13,16H,3-4,6-9,12H2/t16-/m1/s1. The summed E-state index contributed by atoms with van der Waals surface area (Å²) in [5, 5.41) is 3.32. The predicted octanol–water partition coefficient (Wildman–Crippen LogP) is 4.35. The molecule has 3 saturated heterocycles. The maximum Gasteiger partial charge on any atom is 0.163 e. The van der Waals surface area contributed by atoms with Crippen molar-refractivity contribution in [3.63, 3.8) is 0 Å². The molecule has 114 valence electrons. The molecule has 6 rings (SSSR count). The van der Waals surface area contributed by atoms with Gasteiger partial charge in [0.05, 0.1) is 0 Å². The molecule has 1 atom stereocenters. The number of benzene rings is 1. The van der Waals surface area contributed by atoms with Crippen molar-refractivity contribution in [1.82, 2.24) is 4.90 Å². The Bertz CT molecular complexity index is 737. The molecule has 3 heteroatoms. The summed E-state index contributed by atoms with van der Waals surface area (Å²) in [6.45, 7) is 2.55. The van der Waals surface area contributed by atoms with Gasteiger partial charge in [0.2, 0.25) is 0 Å². The van der Waals surface area contributed by atoms with Gasteiger partial charge in [-0.3, -0.25) is 9.69 Å². The molecule has 2 nitrogen and oxygen atoms in total. The predicted molar refractivity (Wildman–Crippen MR) is 90.5 cm³/mol. The summed E-state index contributed by atoms with van der Waals surface area (Å²) >= 11 is 1.75. The van der Waals surface area contributed by atoms with Crippen LogP contribution in [-0.2, 0) is 0 Å². The van der Waals surface area contributed by atoms with E-state index in [4.69, 9.17) is 0 Å². The first kappa shape index (κ1) is 13.3. The van der Waals surface area contributed by atoms with E-state index in [-0.39, 0.29) is 0 Å². The number of hydrogen-bond donors (Lipinski definition) is 0. The van der Waals surface area contributed by atoms with Crippen molar-refractivity contribution in [3.05, 3.63) is 35.2 Å². The summed E-state index contributed by atoms with van der Waals surface area (Å²) in [6.07, 6.45) is 6.03. The van der Waals surface area contributed by atoms with Crippen molar-refractivity contribution in [2.24, 2.45) is 11.8 Å². The second-order valence-corrected chi connectivity index (χ2v) is 8.28. The van der Waals surface area contributed by atoms with E-state index >= 15 is 0 Å². The number of Topliss-reactive ketones (excluding diaryl/α,β-unsaturated/α-hetero) is 1. The fraction of sp³-hybridized carbons (Fsp3) is 0.526. The molecule has 4 aliphatic rings. The third kappa shape index (κ3) is 1.85. The van der Waals surface area contributed by atoms with Crippen LogP contribution in [0, 0.1) is 11.8 Å². The Morgan fingerprint density at radius 3 is 2.82 bits per heavy atom. The monoisotopic (exact) mass is 311 g/mol. The average Bonchev–Trinajstić information content (AvgIpc) is 3.18. The zero-order valence-corrected chi connectivity index (χ0v) is 13.6. The van der Waals surface area contributed by atoms with Crippen LogP contribution in [0.25, 0.3) is 10.1 Å². The van der Waals surface area contributed by atoms with E-state index in [2.05, 4.69) is 28.5 Å². The van der Waals surface area contributed by atoms with Crippen LogP contribution in [-0.4, -0.2) is 29.3 Å². The Morgan fingerprint density at radius 1 is 1.23 bits per heavy atom. The van der Waals surface area contributed by atoms with Gasteiger partial charge < -0.3 is 0 Å². The Hall–Kier alpha value is -1.19. The molecule has 0 unspecified atom stereocenters. The molecule has 0 N–H and O–H groups in total. The molecule has 1 aromatic carbocycles. The molecule has 22 heavy (non-hydrogen) atoms. The minimum absolute atomic E-state index is 0.359. The van der Waals surface area contributed by atoms with Gasteiger partial charge in [-0.15, -0.1) is 11.3 Å². The van der Waals surface area contributed by atoms with Gasteiger partial charge in [0, 0.05) is 22.2 Å². The van der Waals surface area contributed by atoms with E-state index in [1.165, 1.54) is 48.9 Å². The minimum atomic E-state index is 0.359. The summed E-state index contributed by atoms with van der Waals surface area (Å²) in [6, 6.07) is 8.35. The lowest BCUT2D eigenvalue weighted by Gasteiger charge is -2.52. The number of piperidine rings is 3. The van der Waals surface area contributed by atoms with E-state index in [0.717, 1.165) is 17.9 Å². The number of ketones is 1. The topological polar surface area (TPSA) is 20.3 Å². The molecular formula is C19H21NOS. The molecule has 0 radical (unpaired) electrons. The number of carbonyl (C=O) groups is 1. The molecule has 0 amide bonds. The van der Waals surface area contributed by atoms with Crippen LogP contribution in [0.3, 0.4) is 0 Å². The van der Waals surface area contributed by atoms with Crippen molar-refractivity contribution in [2.75, 3.05) is 13.1 Å². The smallest absolute Gasteiger partial charge is 0.163 e. The number of carbonyl (C=O) groups excluding carboxylic acids is 1. The van der Waals surface area contributed by atoms with Crippen LogP contribution in [0.15, 0.2) is 29.6 Å². The summed E-state index contributed by atoms with van der Waals surface area (Å²) in [5.74, 6) is 1.76. The lowest BCUT2D eigenvalue weighted by Crippen LogP contribution is -2.57. The lowest BCUT2D eigenvalue weighted by atomic mass is 9.69. The SMILES string of the molecule is O=C(C[C@@H]1C2CCN(CC2)C12CC2)c1ccc2sccc2c1. The zero-order valence-electron chi connectivity index (χ0n) is 12.8. The second kappa shape index (κ2) is 4.65. The van der Waals surface area contributed by atoms with Crippen LogP contribution in [0.2, 0.25) is 0 Å². The number of thiophene rings is 1. The van der Waals surface area contributed by atoms with E-state index in [9.17, 15) is 4.79 Å². The molecule has 1 saturated carbocycles. The number of hydrogen-bond acceptors (Lipinski definition) is 3. The lowest BCUT2D eigenvalue weighted by molar-refractivity contribution is -0.0274. The van der Waals surface area contributed by atoms with Gasteiger partial charge in [0.15, 0.2) is 5.78 Å². The second-order valence-electron chi connectivity index (χ2n) is 7.34. The zero-order chi connectivity index (χ0) is 14.7. The van der Waals surface area contributed by atoms with Gasteiger partial charge in [-0.05, 0) is 85.6 Å². The highest BCUT2D eigenvalue weighted by Gasteiger charge is 2.60. The van der Waals surface area contributed by atoms with Gasteiger partial charge in [0.1, 0.15) is 0 Å². The van der Waals surface area contributed by atoms with Crippen molar-refractivity contribution < 1.29 is 4.79 Å². The van der Waals surface area contributed by atoms with Crippen molar-refractivity contribution in [1.29, 1.82) is 0 Å². The quantitative estimate of drug-likeness (QED) is 0.786. The first-order chi connectivity index (χ1) is 10.8. The molecular weight excluding hydrogens is 290 g/mol. The highest BCUT2D eigenvalue weighted by atomic mass is 32.1. The molecule has 1 spiro atoms. The fourth-order valence-electron chi connectivity index (χ4n) is 5.05. The Morgan fingerprint density at radius 2 is 2.05 bits per heavy atom. The summed E-state index contributed by atoms with van der Waals surface area (Å²) in [5.41, 5.74) is 1.33. The van der Waals surface area contributed by atoms with Gasteiger partial charge >= 0.3 is 0 Å². The molecule has 3 aliphatic heterocycles. The molecule has 4 fully saturated rings. The Balaban J connectivity index is 1.42. The number of fused-ring (bicyclic) bond motifs is 3. The molecule has 2 aromatic rings. The molecule has 4 heterocycles. The third-order valence-electron chi connectivity index (χ3n) is 6.37. The van der Waals surface area contributed by atoms with Gasteiger partial charge in [-0.2, -0.15) is 0 Å². The molecule has 2 bridgehead atoms. The maximum atomic E-state index is 12.9. The van der Waals surface area contributed by atoms with Crippen molar-refractivity contribution in [2.45, 2.75) is 37.6 Å². The van der Waals surface area contributed by atoms with Gasteiger partial charge in [-0.25, -0.2) is 0 Å². The van der Waals surface area contributed by atoms with E-state index < -0.39 is 0 Å². The largest absolute Gasteiger partial charge is 0.297 e. The summed E-state index contributed by atoms with van der Waals surface area (Å²) in [4.78, 5) is 15.6. The first-order valence-electron chi connectivity index (χ1n) is 8.52. The normalized spacial score (nSPS) is 31.7. The molecule has 1 aromatic heterocycles. The molecule has 1 aliphatic carbocycles. The number of rotatable bonds is 3. The van der Waals surface area contributed by atoms with Crippen LogP contribution in [0.1, 0.15) is 42.5 Å². The maximum absolute atomic E-state index is 12.9.